The van der Waals surface area contributed by atoms with E-state index in [1.54, 1.807) is 12.1 Å². The zero-order valence-electron chi connectivity index (χ0n) is 22.1. The first-order valence-electron chi connectivity index (χ1n) is 12.9. The molecule has 1 N–H and O–H groups in total. The van der Waals surface area contributed by atoms with Crippen molar-refractivity contribution in [3.8, 4) is 6.07 Å². The summed E-state index contributed by atoms with van der Waals surface area (Å²) in [5, 5.41) is 8.90. The normalized spacial score (nSPS) is 15.9. The number of sulfone groups is 1. The minimum absolute atomic E-state index is 0.119. The van der Waals surface area contributed by atoms with E-state index in [9.17, 15) is 25.6 Å². The van der Waals surface area contributed by atoms with E-state index < -0.39 is 31.5 Å². The average Bonchev–Trinajstić information content (AvgIpc) is 2.92. The highest BCUT2D eigenvalue weighted by Gasteiger charge is 2.24. The van der Waals surface area contributed by atoms with Gasteiger partial charge in [-0.05, 0) is 104 Å². The van der Waals surface area contributed by atoms with E-state index in [1.165, 1.54) is 48.5 Å². The van der Waals surface area contributed by atoms with Crippen LogP contribution in [-0.2, 0) is 19.9 Å². The van der Waals surface area contributed by atoms with Gasteiger partial charge in [0.2, 0.25) is 10.0 Å². The molecule has 1 aliphatic rings. The van der Waals surface area contributed by atoms with Gasteiger partial charge >= 0.3 is 0 Å². The monoisotopic (exact) mass is 587 g/mol. The Morgan fingerprint density at radius 3 is 2.02 bits per heavy atom. The maximum absolute atomic E-state index is 14.1. The van der Waals surface area contributed by atoms with Gasteiger partial charge in [-0.2, -0.15) is 5.26 Å². The van der Waals surface area contributed by atoms with Crippen LogP contribution in [0.2, 0.25) is 0 Å². The molecular weight excluding hydrogens is 556 g/mol. The van der Waals surface area contributed by atoms with Crippen molar-refractivity contribution in [1.82, 2.24) is 9.62 Å². The van der Waals surface area contributed by atoms with Gasteiger partial charge in [0.15, 0.2) is 9.84 Å². The molecule has 0 saturated carbocycles. The highest BCUT2D eigenvalue weighted by atomic mass is 32.2. The SMILES string of the molecule is CS(=O)(=O)c1ccc(C(CCN2CCC(CNS(=O)(=O)c3ccc(C#N)cc3)CC2)c2cc(F)cc(F)c2)cc1. The lowest BCUT2D eigenvalue weighted by Gasteiger charge is -2.33. The molecule has 1 heterocycles. The third-order valence-electron chi connectivity index (χ3n) is 7.29. The number of nitriles is 1. The highest BCUT2D eigenvalue weighted by Crippen LogP contribution is 2.31. The predicted octanol–water partition coefficient (Wildman–Crippen LogP) is 4.45. The fourth-order valence-corrected chi connectivity index (χ4v) is 6.74. The molecule has 1 saturated heterocycles. The molecule has 4 rings (SSSR count). The number of likely N-dealkylation sites (tertiary alicyclic amines) is 1. The van der Waals surface area contributed by atoms with Crippen molar-refractivity contribution >= 4 is 19.9 Å². The summed E-state index contributed by atoms with van der Waals surface area (Å²) < 4.78 is 79.8. The third kappa shape index (κ3) is 7.73. The molecule has 11 heteroatoms. The molecule has 0 amide bonds. The number of sulfonamides is 1. The first-order valence-corrected chi connectivity index (χ1v) is 16.3. The first kappa shape index (κ1) is 29.8. The van der Waals surface area contributed by atoms with Crippen molar-refractivity contribution in [2.24, 2.45) is 5.92 Å². The minimum atomic E-state index is -3.67. The van der Waals surface area contributed by atoms with Crippen LogP contribution in [0, 0.1) is 28.9 Å². The lowest BCUT2D eigenvalue weighted by molar-refractivity contribution is 0.182. The quantitative estimate of drug-likeness (QED) is 0.376. The Balaban J connectivity index is 1.36. The number of hydrogen-bond acceptors (Lipinski definition) is 6. The van der Waals surface area contributed by atoms with Crippen molar-refractivity contribution in [3.63, 3.8) is 0 Å². The second-order valence-electron chi connectivity index (χ2n) is 10.2. The molecule has 0 aromatic heterocycles. The molecule has 0 spiro atoms. The molecule has 3 aromatic rings. The van der Waals surface area contributed by atoms with E-state index in [1.807, 2.05) is 6.07 Å². The van der Waals surface area contributed by atoms with E-state index in [-0.39, 0.29) is 21.6 Å². The number of hydrogen-bond donors (Lipinski definition) is 1. The molecule has 7 nitrogen and oxygen atoms in total. The van der Waals surface area contributed by atoms with Gasteiger partial charge in [0, 0.05) is 24.8 Å². The van der Waals surface area contributed by atoms with Crippen molar-refractivity contribution in [2.45, 2.75) is 35.0 Å². The topological polar surface area (TPSA) is 107 Å². The minimum Gasteiger partial charge on any atom is -0.303 e. The van der Waals surface area contributed by atoms with Gasteiger partial charge in [0.05, 0.1) is 21.4 Å². The lowest BCUT2D eigenvalue weighted by atomic mass is 9.87. The van der Waals surface area contributed by atoms with Gasteiger partial charge in [-0.15, -0.1) is 0 Å². The number of halogens is 2. The summed E-state index contributed by atoms with van der Waals surface area (Å²) in [5.74, 6) is -1.51. The Morgan fingerprint density at radius 2 is 1.48 bits per heavy atom. The van der Waals surface area contributed by atoms with Gasteiger partial charge in [-0.3, -0.25) is 0 Å². The van der Waals surface area contributed by atoms with Crippen LogP contribution in [-0.4, -0.2) is 54.2 Å². The molecule has 3 aromatic carbocycles. The van der Waals surface area contributed by atoms with Crippen molar-refractivity contribution in [1.29, 1.82) is 5.26 Å². The van der Waals surface area contributed by atoms with Gasteiger partial charge in [0.1, 0.15) is 11.6 Å². The molecule has 0 radical (unpaired) electrons. The van der Waals surface area contributed by atoms with Crippen molar-refractivity contribution < 1.29 is 25.6 Å². The predicted molar refractivity (Wildman–Crippen MR) is 148 cm³/mol. The molecule has 0 aliphatic carbocycles. The molecule has 1 aliphatic heterocycles. The number of benzene rings is 3. The number of rotatable bonds is 10. The fourth-order valence-electron chi connectivity index (χ4n) is 4.99. The van der Waals surface area contributed by atoms with Crippen molar-refractivity contribution in [2.75, 3.05) is 32.4 Å². The number of piperidine rings is 1. The summed E-state index contributed by atoms with van der Waals surface area (Å²) in [6, 6.07) is 17.6. The van der Waals surface area contributed by atoms with E-state index in [0.717, 1.165) is 43.8 Å². The van der Waals surface area contributed by atoms with Crippen LogP contribution < -0.4 is 4.72 Å². The van der Waals surface area contributed by atoms with Crippen LogP contribution in [0.15, 0.2) is 76.5 Å². The Morgan fingerprint density at radius 1 is 0.900 bits per heavy atom. The molecular formula is C29H31F2N3O4S2. The smallest absolute Gasteiger partial charge is 0.240 e. The van der Waals surface area contributed by atoms with E-state index in [0.29, 0.717) is 30.6 Å². The van der Waals surface area contributed by atoms with Gasteiger partial charge in [-0.25, -0.2) is 30.3 Å². The highest BCUT2D eigenvalue weighted by molar-refractivity contribution is 7.90. The van der Waals surface area contributed by atoms with E-state index >= 15 is 0 Å². The van der Waals surface area contributed by atoms with Crippen LogP contribution in [0.3, 0.4) is 0 Å². The van der Waals surface area contributed by atoms with Crippen LogP contribution >= 0.6 is 0 Å². The molecule has 1 unspecified atom stereocenters. The summed E-state index contributed by atoms with van der Waals surface area (Å²) in [7, 11) is -7.05. The van der Waals surface area contributed by atoms with Crippen LogP contribution in [0.1, 0.15) is 41.9 Å². The second kappa shape index (κ2) is 12.6. The lowest BCUT2D eigenvalue weighted by Crippen LogP contribution is -2.39. The zero-order valence-corrected chi connectivity index (χ0v) is 23.7. The van der Waals surface area contributed by atoms with E-state index in [4.69, 9.17) is 5.26 Å². The summed E-state index contributed by atoms with van der Waals surface area (Å²) in [6.07, 6.45) is 3.27. The molecule has 1 fully saturated rings. The Bertz CT molecular complexity index is 1560. The zero-order chi connectivity index (χ0) is 28.9. The van der Waals surface area contributed by atoms with Gasteiger partial charge in [-0.1, -0.05) is 12.1 Å². The Labute approximate surface area is 234 Å². The van der Waals surface area contributed by atoms with Crippen LogP contribution in [0.5, 0.6) is 0 Å². The van der Waals surface area contributed by atoms with E-state index in [2.05, 4.69) is 9.62 Å². The maximum atomic E-state index is 14.1. The third-order valence-corrected chi connectivity index (χ3v) is 9.86. The van der Waals surface area contributed by atoms with Gasteiger partial charge in [0.25, 0.3) is 0 Å². The summed E-state index contributed by atoms with van der Waals surface area (Å²) >= 11 is 0. The summed E-state index contributed by atoms with van der Waals surface area (Å²) in [6.45, 7) is 2.47. The summed E-state index contributed by atoms with van der Waals surface area (Å²) in [4.78, 5) is 2.55. The van der Waals surface area contributed by atoms with Crippen molar-refractivity contribution in [3.05, 3.63) is 95.1 Å². The molecule has 1 atom stereocenters. The average molecular weight is 588 g/mol. The van der Waals surface area contributed by atoms with Crippen LogP contribution in [0.4, 0.5) is 8.78 Å². The molecule has 212 valence electrons. The van der Waals surface area contributed by atoms with Gasteiger partial charge < -0.3 is 4.90 Å². The molecule has 0 bridgehead atoms. The number of nitrogens with zero attached hydrogens (tertiary/aromatic N) is 2. The second-order valence-corrected chi connectivity index (χ2v) is 13.9. The first-order chi connectivity index (χ1) is 18.9. The standard InChI is InChI=1S/C29H31F2N3O4S2/c1-39(35,36)27-8-4-23(5-9-27)29(24-16-25(30)18-26(31)17-24)12-15-34-13-10-22(11-14-34)20-33-40(37,38)28-6-2-21(19-32)3-7-28/h2-9,16-18,22,29,33H,10-15,20H2,1H3. The largest absolute Gasteiger partial charge is 0.303 e. The Hall–Kier alpha value is -3.17. The molecule has 40 heavy (non-hydrogen) atoms. The van der Waals surface area contributed by atoms with Crippen LogP contribution in [0.25, 0.3) is 0 Å². The number of nitrogens with one attached hydrogen (secondary N) is 1. The Kier molecular flexibility index (Phi) is 9.36. The fraction of sp³-hybridized carbons (Fsp3) is 0.345. The summed E-state index contributed by atoms with van der Waals surface area (Å²) in [5.41, 5.74) is 1.64. The maximum Gasteiger partial charge on any atom is 0.240 e.